The van der Waals surface area contributed by atoms with Crippen molar-refractivity contribution in [2.24, 2.45) is 0 Å². The van der Waals surface area contributed by atoms with Gasteiger partial charge in [0.15, 0.2) is 0 Å². The van der Waals surface area contributed by atoms with E-state index in [1.54, 1.807) is 0 Å². The molecule has 1 nitrogen and oxygen atoms in total. The summed E-state index contributed by atoms with van der Waals surface area (Å²) in [5, 5.41) is 0.748. The minimum atomic E-state index is -4.44. The number of ether oxygens (including phenoxy) is 1. The first-order chi connectivity index (χ1) is 6.42. The zero-order valence-electron chi connectivity index (χ0n) is 6.88. The minimum absolute atomic E-state index is 0.290. The zero-order valence-corrected chi connectivity index (χ0v) is 8.04. The van der Waals surface area contributed by atoms with Gasteiger partial charge in [0.2, 0.25) is 0 Å². The highest BCUT2D eigenvalue weighted by molar-refractivity contribution is 7.27. The van der Waals surface area contributed by atoms with Gasteiger partial charge < -0.3 is 4.74 Å². The SMILES string of the molecule is FC(F)C(F)(F)Oc1ccc(P)cc1. The molecule has 78 valence electrons. The number of hydrogen-bond donors (Lipinski definition) is 0. The van der Waals surface area contributed by atoms with Crippen LogP contribution in [0.5, 0.6) is 5.75 Å². The van der Waals surface area contributed by atoms with Gasteiger partial charge in [0.25, 0.3) is 0 Å². The largest absolute Gasteiger partial charge is 0.461 e. The van der Waals surface area contributed by atoms with Crippen LogP contribution in [0.3, 0.4) is 0 Å². The second-order valence-corrected chi connectivity index (χ2v) is 3.20. The standard InChI is InChI=1S/C8H7F4OP/c9-7(10)8(11,12)13-5-1-3-6(14)4-2-5/h1-4,7H,14H2. The number of rotatable bonds is 3. The summed E-state index contributed by atoms with van der Waals surface area (Å²) in [7, 11) is 2.33. The third-order valence-corrected chi connectivity index (χ3v) is 1.77. The van der Waals surface area contributed by atoms with Gasteiger partial charge in [-0.3, -0.25) is 0 Å². The number of benzene rings is 1. The zero-order chi connectivity index (χ0) is 10.8. The first-order valence-corrected chi connectivity index (χ1v) is 4.20. The van der Waals surface area contributed by atoms with Crippen molar-refractivity contribution in [1.29, 1.82) is 0 Å². The van der Waals surface area contributed by atoms with Gasteiger partial charge in [0.05, 0.1) is 0 Å². The molecule has 0 amide bonds. The van der Waals surface area contributed by atoms with E-state index in [1.807, 2.05) is 0 Å². The summed E-state index contributed by atoms with van der Waals surface area (Å²) in [5.74, 6) is -0.290. The smallest absolute Gasteiger partial charge is 0.428 e. The first-order valence-electron chi connectivity index (χ1n) is 3.62. The van der Waals surface area contributed by atoms with E-state index >= 15 is 0 Å². The van der Waals surface area contributed by atoms with Crippen LogP contribution < -0.4 is 10.0 Å². The Balaban J connectivity index is 2.74. The maximum Gasteiger partial charge on any atom is 0.461 e. The molecular formula is C8H7F4OP. The number of halogens is 4. The molecule has 0 aromatic heterocycles. The Kier molecular flexibility index (Phi) is 3.32. The van der Waals surface area contributed by atoms with Crippen LogP contribution in [0.4, 0.5) is 17.6 Å². The van der Waals surface area contributed by atoms with Crippen molar-refractivity contribution >= 4 is 14.5 Å². The Morgan fingerprint density at radius 2 is 1.64 bits per heavy atom. The van der Waals surface area contributed by atoms with Gasteiger partial charge in [0, 0.05) is 0 Å². The van der Waals surface area contributed by atoms with Gasteiger partial charge in [-0.25, -0.2) is 0 Å². The average molecular weight is 226 g/mol. The van der Waals surface area contributed by atoms with Crippen molar-refractivity contribution in [3.8, 4) is 5.75 Å². The Bertz CT molecular complexity index is 299. The normalized spacial score (nSPS) is 11.9. The molecule has 0 heterocycles. The summed E-state index contributed by atoms with van der Waals surface area (Å²) in [4.78, 5) is 0. The van der Waals surface area contributed by atoms with Crippen molar-refractivity contribution in [2.75, 3.05) is 0 Å². The molecule has 0 radical (unpaired) electrons. The molecule has 0 bridgehead atoms. The fourth-order valence-corrected chi connectivity index (χ4v) is 0.930. The lowest BCUT2D eigenvalue weighted by atomic mass is 10.3. The minimum Gasteiger partial charge on any atom is -0.428 e. The molecule has 14 heavy (non-hydrogen) atoms. The molecule has 1 aromatic rings. The molecule has 0 fully saturated rings. The van der Waals surface area contributed by atoms with Crippen LogP contribution >= 0.6 is 9.24 Å². The lowest BCUT2D eigenvalue weighted by molar-refractivity contribution is -0.253. The van der Waals surface area contributed by atoms with Crippen LogP contribution in [0.1, 0.15) is 0 Å². The molecule has 0 aliphatic rings. The molecule has 0 aliphatic carbocycles. The number of hydrogen-bond acceptors (Lipinski definition) is 1. The van der Waals surface area contributed by atoms with E-state index in [-0.39, 0.29) is 5.75 Å². The maximum atomic E-state index is 12.4. The quantitative estimate of drug-likeness (QED) is 0.568. The second-order valence-electron chi connectivity index (χ2n) is 2.53. The van der Waals surface area contributed by atoms with Crippen molar-refractivity contribution in [3.05, 3.63) is 24.3 Å². The van der Waals surface area contributed by atoms with E-state index in [9.17, 15) is 17.6 Å². The van der Waals surface area contributed by atoms with Gasteiger partial charge in [-0.05, 0) is 17.4 Å². The fraction of sp³-hybridized carbons (Fsp3) is 0.250. The van der Waals surface area contributed by atoms with Gasteiger partial charge >= 0.3 is 12.5 Å². The van der Waals surface area contributed by atoms with Crippen LogP contribution in [0.15, 0.2) is 24.3 Å². The molecule has 1 aromatic carbocycles. The van der Waals surface area contributed by atoms with Gasteiger partial charge in [0.1, 0.15) is 5.75 Å². The van der Waals surface area contributed by atoms with E-state index in [4.69, 9.17) is 0 Å². The fourth-order valence-electron chi connectivity index (χ4n) is 0.738. The molecule has 1 unspecified atom stereocenters. The Morgan fingerprint density at radius 3 is 2.07 bits per heavy atom. The Morgan fingerprint density at radius 1 is 1.14 bits per heavy atom. The summed E-state index contributed by atoms with van der Waals surface area (Å²) < 4.78 is 51.9. The van der Waals surface area contributed by atoms with E-state index in [0.29, 0.717) is 0 Å². The van der Waals surface area contributed by atoms with Gasteiger partial charge in [-0.1, -0.05) is 12.1 Å². The highest BCUT2D eigenvalue weighted by Gasteiger charge is 2.43. The molecule has 6 heteroatoms. The number of alkyl halides is 4. The van der Waals surface area contributed by atoms with Crippen molar-refractivity contribution in [1.82, 2.24) is 0 Å². The van der Waals surface area contributed by atoms with Crippen LogP contribution in [-0.2, 0) is 0 Å². The predicted molar refractivity (Wildman–Crippen MR) is 47.4 cm³/mol. The highest BCUT2D eigenvalue weighted by Crippen LogP contribution is 2.26. The Hall–Kier alpha value is -0.830. The van der Waals surface area contributed by atoms with E-state index in [1.165, 1.54) is 24.3 Å². The second kappa shape index (κ2) is 4.13. The summed E-state index contributed by atoms with van der Waals surface area (Å²) >= 11 is 0. The van der Waals surface area contributed by atoms with Crippen molar-refractivity contribution in [3.63, 3.8) is 0 Å². The lowest BCUT2D eigenvalue weighted by Crippen LogP contribution is -2.33. The molecule has 0 N–H and O–H groups in total. The molecule has 0 saturated carbocycles. The maximum absolute atomic E-state index is 12.4. The van der Waals surface area contributed by atoms with Crippen LogP contribution in [0, 0.1) is 0 Å². The van der Waals surface area contributed by atoms with Gasteiger partial charge in [-0.2, -0.15) is 17.6 Å². The van der Waals surface area contributed by atoms with Crippen LogP contribution in [0.2, 0.25) is 0 Å². The third kappa shape index (κ3) is 2.84. The van der Waals surface area contributed by atoms with E-state index in [2.05, 4.69) is 14.0 Å². The van der Waals surface area contributed by atoms with Crippen LogP contribution in [-0.4, -0.2) is 12.5 Å². The van der Waals surface area contributed by atoms with Crippen molar-refractivity contribution in [2.45, 2.75) is 12.5 Å². The molecule has 0 saturated heterocycles. The Labute approximate surface area is 80.3 Å². The monoisotopic (exact) mass is 226 g/mol. The summed E-state index contributed by atoms with van der Waals surface area (Å²) in [6.07, 6.45) is -8.28. The van der Waals surface area contributed by atoms with Gasteiger partial charge in [-0.15, -0.1) is 9.24 Å². The topological polar surface area (TPSA) is 9.23 Å². The molecular weight excluding hydrogens is 219 g/mol. The van der Waals surface area contributed by atoms with Crippen molar-refractivity contribution < 1.29 is 22.3 Å². The summed E-state index contributed by atoms with van der Waals surface area (Å²) in [6.45, 7) is 0. The van der Waals surface area contributed by atoms with E-state index in [0.717, 1.165) is 5.30 Å². The summed E-state index contributed by atoms with van der Waals surface area (Å²) in [6, 6.07) is 5.31. The molecule has 0 aliphatic heterocycles. The lowest BCUT2D eigenvalue weighted by Gasteiger charge is -2.16. The molecule has 0 spiro atoms. The first kappa shape index (κ1) is 11.2. The predicted octanol–water partition coefficient (Wildman–Crippen LogP) is 2.42. The van der Waals surface area contributed by atoms with Crippen LogP contribution in [0.25, 0.3) is 0 Å². The molecule has 1 atom stereocenters. The molecule has 1 rings (SSSR count). The third-order valence-electron chi connectivity index (χ3n) is 1.39. The van der Waals surface area contributed by atoms with E-state index < -0.39 is 12.5 Å². The highest BCUT2D eigenvalue weighted by atomic mass is 31.0. The average Bonchev–Trinajstić information content (AvgIpc) is 2.08. The summed E-state index contributed by atoms with van der Waals surface area (Å²) in [5.41, 5.74) is 0.